The summed E-state index contributed by atoms with van der Waals surface area (Å²) in [5.41, 5.74) is 3.25. The van der Waals surface area contributed by atoms with Crippen LogP contribution in [0.5, 0.6) is 5.75 Å². The molecule has 4 aromatic rings. The third-order valence-corrected chi connectivity index (χ3v) is 10.7. The number of imide groups is 2. The van der Waals surface area contributed by atoms with Crippen molar-refractivity contribution < 1.29 is 42.3 Å². The van der Waals surface area contributed by atoms with E-state index in [0.29, 0.717) is 82.8 Å². The first kappa shape index (κ1) is 37.2. The lowest BCUT2D eigenvalue weighted by molar-refractivity contribution is -0.136. The number of hydrogen-bond donors (Lipinski definition) is 3. The molecule has 6 amide bonds. The zero-order valence-electron chi connectivity index (χ0n) is 30.0. The van der Waals surface area contributed by atoms with Crippen molar-refractivity contribution in [1.29, 1.82) is 0 Å². The van der Waals surface area contributed by atoms with Crippen LogP contribution in [0, 0.1) is 0 Å². The van der Waals surface area contributed by atoms with Crippen LogP contribution in [0.1, 0.15) is 68.7 Å². The molecular weight excluding hydrogens is 729 g/mol. The molecule has 1 saturated heterocycles. The Morgan fingerprint density at radius 3 is 2.49 bits per heavy atom. The fraction of sp³-hybridized carbons (Fsp3) is 0.282. The highest BCUT2D eigenvalue weighted by molar-refractivity contribution is 7.81. The van der Waals surface area contributed by atoms with E-state index >= 15 is 0 Å². The Morgan fingerprint density at radius 2 is 1.73 bits per heavy atom. The first-order chi connectivity index (χ1) is 26.5. The summed E-state index contributed by atoms with van der Waals surface area (Å²) in [6, 6.07) is 17.5. The Bertz CT molecular complexity index is 2310. The lowest BCUT2D eigenvalue weighted by atomic mass is 9.97. The van der Waals surface area contributed by atoms with E-state index in [1.54, 1.807) is 61.6 Å². The first-order valence-electron chi connectivity index (χ1n) is 17.8. The molecule has 3 heterocycles. The highest BCUT2D eigenvalue weighted by Gasteiger charge is 2.45. The maximum atomic E-state index is 13.3. The molecule has 0 aromatic heterocycles. The average Bonchev–Trinajstić information content (AvgIpc) is 3.57. The predicted octanol–water partition coefficient (Wildman–Crippen LogP) is 3.71. The van der Waals surface area contributed by atoms with Crippen LogP contribution in [0.2, 0.25) is 0 Å². The van der Waals surface area contributed by atoms with Crippen LogP contribution < -0.4 is 29.9 Å². The van der Waals surface area contributed by atoms with E-state index < -0.39 is 40.9 Å². The molecule has 3 aliphatic heterocycles. The number of nitrogens with one attached hydrogen (secondary N) is 3. The number of rotatable bonds is 14. The monoisotopic (exact) mass is 765 g/mol. The van der Waals surface area contributed by atoms with E-state index in [4.69, 9.17) is 4.74 Å². The summed E-state index contributed by atoms with van der Waals surface area (Å²) in [6.07, 6.45) is 1.77. The number of fused-ring (bicyclic) bond motifs is 1. The molecule has 284 valence electrons. The molecule has 2 atom stereocenters. The number of carbonyl (C=O) groups excluding carboxylic acids is 6. The number of carbonyl (C=O) groups is 6. The number of methoxy groups -OCH3 is 1. The van der Waals surface area contributed by atoms with Gasteiger partial charge in [0.25, 0.3) is 17.7 Å². The van der Waals surface area contributed by atoms with Gasteiger partial charge in [-0.15, -0.1) is 0 Å². The minimum Gasteiger partial charge on any atom is -0.755 e. The van der Waals surface area contributed by atoms with Crippen molar-refractivity contribution in [1.82, 2.24) is 15.5 Å². The molecule has 3 aliphatic rings. The van der Waals surface area contributed by atoms with Crippen molar-refractivity contribution in [2.75, 3.05) is 41.8 Å². The summed E-state index contributed by atoms with van der Waals surface area (Å²) in [4.78, 5) is 79.1. The maximum absolute atomic E-state index is 13.3. The quantitative estimate of drug-likeness (QED) is 0.0967. The number of ether oxygens (including phenoxy) is 1. The minimum atomic E-state index is -2.74. The highest BCUT2D eigenvalue weighted by atomic mass is 32.2. The van der Waals surface area contributed by atoms with Crippen LogP contribution in [0.15, 0.2) is 66.7 Å². The zero-order chi connectivity index (χ0) is 39.0. The Labute approximate surface area is 318 Å². The Morgan fingerprint density at radius 1 is 0.945 bits per heavy atom. The zero-order valence-corrected chi connectivity index (χ0v) is 30.8. The van der Waals surface area contributed by atoms with E-state index in [0.717, 1.165) is 9.21 Å². The van der Waals surface area contributed by atoms with E-state index in [9.17, 15) is 37.5 Å². The van der Waals surface area contributed by atoms with Crippen molar-refractivity contribution in [2.45, 2.75) is 44.6 Å². The first-order valence-corrected chi connectivity index (χ1v) is 18.8. The van der Waals surface area contributed by atoms with Gasteiger partial charge in [-0.25, -0.2) is 0 Å². The molecule has 15 nitrogen and oxygen atoms in total. The second-order valence-corrected chi connectivity index (χ2v) is 14.2. The van der Waals surface area contributed by atoms with Crippen molar-refractivity contribution in [3.8, 4) is 5.75 Å². The summed E-state index contributed by atoms with van der Waals surface area (Å²) in [6.45, 7) is 0.829. The van der Waals surface area contributed by atoms with Gasteiger partial charge in [-0.2, -0.15) is 0 Å². The number of hydrogen-bond acceptors (Lipinski definition) is 10. The number of amides is 6. The topological polar surface area (TPSA) is 198 Å². The second kappa shape index (κ2) is 15.3. The van der Waals surface area contributed by atoms with Crippen LogP contribution >= 0.6 is 0 Å². The fourth-order valence-electron chi connectivity index (χ4n) is 7.37. The fourth-order valence-corrected chi connectivity index (χ4v) is 8.00. The second-order valence-electron chi connectivity index (χ2n) is 13.4. The van der Waals surface area contributed by atoms with Crippen molar-refractivity contribution in [2.24, 2.45) is 0 Å². The summed E-state index contributed by atoms with van der Waals surface area (Å²) >= 11 is -2.74. The lowest BCUT2D eigenvalue weighted by Crippen LogP contribution is -2.54. The molecule has 0 bridgehead atoms. The molecule has 0 radical (unpaired) electrons. The van der Waals surface area contributed by atoms with Gasteiger partial charge in [0.1, 0.15) is 11.8 Å². The van der Waals surface area contributed by atoms with E-state index in [2.05, 4.69) is 16.0 Å². The Hall–Kier alpha value is -6.13. The molecule has 0 aliphatic carbocycles. The summed E-state index contributed by atoms with van der Waals surface area (Å²) in [5.74, 6) is -2.35. The third kappa shape index (κ3) is 6.89. The van der Waals surface area contributed by atoms with Crippen molar-refractivity contribution in [3.63, 3.8) is 0 Å². The van der Waals surface area contributed by atoms with Gasteiger partial charge in [0, 0.05) is 49.4 Å². The van der Waals surface area contributed by atoms with E-state index in [1.807, 2.05) is 6.07 Å². The molecule has 4 aromatic carbocycles. The molecule has 7 rings (SSSR count). The highest BCUT2D eigenvalue weighted by Crippen LogP contribution is 2.45. The van der Waals surface area contributed by atoms with Gasteiger partial charge in [-0.1, -0.05) is 18.2 Å². The number of anilines is 4. The van der Waals surface area contributed by atoms with Gasteiger partial charge in [-0.3, -0.25) is 47.5 Å². The number of aryl methyl sites for hydroxylation is 1. The molecule has 55 heavy (non-hydrogen) atoms. The summed E-state index contributed by atoms with van der Waals surface area (Å²) in [7, 11) is 3.11. The third-order valence-electron chi connectivity index (χ3n) is 10.0. The molecule has 0 spiro atoms. The standard InChI is InChI=1S/C39H38N6O9S/c1-43-29-14-13-27(45(55(52)53)28-10-3-4-11-31(28)54-2)24-20-22(21-25(34(24)29)37(43)49)12-16-32(46)41-19-6-5-18-40-26-9-7-8-23-35(26)39(51)44(38(23)50)30-15-17-33(47)42-36(30)48/h3-4,7-11,13-14,20-21,30,40H,5-6,12,15-19H2,1-2H3,(H,41,46)(H,52,53)(H,42,47,48)/p-1. The molecular formula is C39H37N6O9S-. The van der Waals surface area contributed by atoms with Gasteiger partial charge in [0.15, 0.2) is 0 Å². The predicted molar refractivity (Wildman–Crippen MR) is 203 cm³/mol. The van der Waals surface area contributed by atoms with Crippen LogP contribution in [-0.4, -0.2) is 82.4 Å². The van der Waals surface area contributed by atoms with Crippen LogP contribution in [0.3, 0.4) is 0 Å². The van der Waals surface area contributed by atoms with Crippen LogP contribution in [0.25, 0.3) is 10.8 Å². The number of para-hydroxylation sites is 2. The van der Waals surface area contributed by atoms with Gasteiger partial charge in [-0.05, 0) is 79.8 Å². The van der Waals surface area contributed by atoms with Gasteiger partial charge in [0.2, 0.25) is 17.7 Å². The molecule has 1 fully saturated rings. The molecule has 2 unspecified atom stereocenters. The van der Waals surface area contributed by atoms with Crippen LogP contribution in [-0.2, 0) is 32.1 Å². The van der Waals surface area contributed by atoms with E-state index in [1.165, 1.54) is 18.1 Å². The minimum absolute atomic E-state index is 0.0360. The molecule has 16 heteroatoms. The summed E-state index contributed by atoms with van der Waals surface area (Å²) < 4.78 is 32.0. The SMILES string of the molecule is COc1ccccc1N(c1ccc2c3c(cc(CCC(=O)NCCCCNc4cccc5c4C(=O)N(C4CCC(=O)NC4=O)C5=O)cc13)C(=O)N2C)S(=O)[O-]. The smallest absolute Gasteiger partial charge is 0.264 e. The normalized spacial score (nSPS) is 16.7. The Kier molecular flexibility index (Phi) is 10.4. The van der Waals surface area contributed by atoms with Gasteiger partial charge in [0.05, 0.1) is 52.1 Å². The average molecular weight is 766 g/mol. The molecule has 3 N–H and O–H groups in total. The van der Waals surface area contributed by atoms with Gasteiger partial charge < -0.3 is 24.8 Å². The lowest BCUT2D eigenvalue weighted by Gasteiger charge is -2.29. The summed E-state index contributed by atoms with van der Waals surface area (Å²) in [5, 5.41) is 9.47. The number of benzene rings is 4. The van der Waals surface area contributed by atoms with Gasteiger partial charge >= 0.3 is 0 Å². The Balaban J connectivity index is 0.964. The van der Waals surface area contributed by atoms with E-state index in [-0.39, 0.29) is 42.2 Å². The largest absolute Gasteiger partial charge is 0.755 e. The van der Waals surface area contributed by atoms with Crippen LogP contribution in [0.4, 0.5) is 22.7 Å². The number of nitrogens with zero attached hydrogens (tertiary/aromatic N) is 3. The molecule has 0 saturated carbocycles. The van der Waals surface area contributed by atoms with Crippen molar-refractivity contribution >= 4 is 80.2 Å². The maximum Gasteiger partial charge on any atom is 0.264 e. The number of unbranched alkanes of at least 4 members (excludes halogenated alkanes) is 1. The number of piperidine rings is 1. The van der Waals surface area contributed by atoms with Crippen molar-refractivity contribution in [3.05, 3.63) is 89.0 Å².